The van der Waals surface area contributed by atoms with E-state index in [4.69, 9.17) is 0 Å². The maximum atomic E-state index is 13.0. The van der Waals surface area contributed by atoms with E-state index in [0.29, 0.717) is 5.75 Å². The van der Waals surface area contributed by atoms with E-state index < -0.39 is 0 Å². The van der Waals surface area contributed by atoms with Gasteiger partial charge in [0.25, 0.3) is 0 Å². The Morgan fingerprint density at radius 1 is 1.27 bits per heavy atom. The van der Waals surface area contributed by atoms with Crippen LogP contribution in [0.1, 0.15) is 24.4 Å². The Balaban J connectivity index is 1.65. The van der Waals surface area contributed by atoms with Crippen molar-refractivity contribution >= 4 is 17.7 Å². The van der Waals surface area contributed by atoms with Gasteiger partial charge in [0.05, 0.1) is 16.8 Å². The van der Waals surface area contributed by atoms with E-state index in [2.05, 4.69) is 4.98 Å². The second-order valence-electron chi connectivity index (χ2n) is 5.25. The first kappa shape index (κ1) is 15.0. The van der Waals surface area contributed by atoms with Gasteiger partial charge in [-0.05, 0) is 42.7 Å². The van der Waals surface area contributed by atoms with Crippen LogP contribution in [-0.4, -0.2) is 28.1 Å². The fraction of sp³-hybridized carbons (Fsp3) is 0.294. The smallest absolute Gasteiger partial charge is 0.233 e. The zero-order chi connectivity index (χ0) is 15.4. The van der Waals surface area contributed by atoms with Crippen molar-refractivity contribution < 1.29 is 9.18 Å². The monoisotopic (exact) mass is 316 g/mol. The number of carbonyl (C=O) groups excluding carboxylic acids is 1. The quantitative estimate of drug-likeness (QED) is 0.807. The molecule has 0 spiro atoms. The number of hydrogen-bond acceptors (Lipinski definition) is 3. The topological polar surface area (TPSA) is 33.2 Å². The van der Waals surface area contributed by atoms with Gasteiger partial charge in [0, 0.05) is 12.7 Å². The van der Waals surface area contributed by atoms with Crippen LogP contribution in [0.25, 0.3) is 0 Å². The van der Waals surface area contributed by atoms with Crippen molar-refractivity contribution in [3.63, 3.8) is 0 Å². The zero-order valence-electron chi connectivity index (χ0n) is 12.1. The Morgan fingerprint density at radius 3 is 2.82 bits per heavy atom. The molecule has 5 heteroatoms. The highest BCUT2D eigenvalue weighted by Gasteiger charge is 2.29. The molecule has 0 saturated carbocycles. The summed E-state index contributed by atoms with van der Waals surface area (Å²) in [7, 11) is 0. The van der Waals surface area contributed by atoms with Crippen LogP contribution in [-0.2, 0) is 4.79 Å². The molecular formula is C17H17FN2OS. The minimum atomic E-state index is -0.245. The molecule has 0 N–H and O–H groups in total. The first-order valence-electron chi connectivity index (χ1n) is 7.33. The van der Waals surface area contributed by atoms with Gasteiger partial charge in [0.1, 0.15) is 5.82 Å². The van der Waals surface area contributed by atoms with Crippen LogP contribution in [0.5, 0.6) is 0 Å². The number of carbonyl (C=O) groups is 1. The lowest BCUT2D eigenvalue weighted by Gasteiger charge is -2.25. The summed E-state index contributed by atoms with van der Waals surface area (Å²) in [6.07, 6.45) is 3.65. The van der Waals surface area contributed by atoms with Crippen molar-refractivity contribution in [3.8, 4) is 0 Å². The summed E-state index contributed by atoms with van der Waals surface area (Å²) >= 11 is 1.45. The average Bonchev–Trinajstić information content (AvgIpc) is 3.04. The standard InChI is InChI=1S/C17H17FN2OS/c18-14-8-6-13(7-9-14)15-4-3-11-20(15)17(21)12-22-16-5-1-2-10-19-16/h1-2,5-10,15H,3-4,11-12H2/t15-/m1/s1. The maximum absolute atomic E-state index is 13.0. The van der Waals surface area contributed by atoms with Gasteiger partial charge >= 0.3 is 0 Å². The predicted octanol–water partition coefficient (Wildman–Crippen LogP) is 3.68. The van der Waals surface area contributed by atoms with Crippen LogP contribution in [0, 0.1) is 5.82 Å². The molecule has 1 aliphatic heterocycles. The van der Waals surface area contributed by atoms with Crippen molar-refractivity contribution in [2.75, 3.05) is 12.3 Å². The third-order valence-corrected chi connectivity index (χ3v) is 4.74. The van der Waals surface area contributed by atoms with Crippen LogP contribution < -0.4 is 0 Å². The third-order valence-electron chi connectivity index (χ3n) is 3.81. The highest BCUT2D eigenvalue weighted by atomic mass is 32.2. The molecular weight excluding hydrogens is 299 g/mol. The third kappa shape index (κ3) is 3.47. The Morgan fingerprint density at radius 2 is 2.09 bits per heavy atom. The van der Waals surface area contributed by atoms with Crippen molar-refractivity contribution in [2.24, 2.45) is 0 Å². The van der Waals surface area contributed by atoms with E-state index in [1.807, 2.05) is 23.1 Å². The van der Waals surface area contributed by atoms with Gasteiger partial charge in [-0.2, -0.15) is 0 Å². The lowest BCUT2D eigenvalue weighted by Crippen LogP contribution is -2.32. The number of benzene rings is 1. The predicted molar refractivity (Wildman–Crippen MR) is 85.0 cm³/mol. The molecule has 0 radical (unpaired) electrons. The summed E-state index contributed by atoms with van der Waals surface area (Å²) in [4.78, 5) is 18.6. The molecule has 0 aliphatic carbocycles. The first-order chi connectivity index (χ1) is 10.7. The number of halogens is 1. The number of hydrogen-bond donors (Lipinski definition) is 0. The number of nitrogens with zero attached hydrogens (tertiary/aromatic N) is 2. The molecule has 2 heterocycles. The van der Waals surface area contributed by atoms with Crippen molar-refractivity contribution in [1.29, 1.82) is 0 Å². The normalized spacial score (nSPS) is 17.7. The molecule has 1 amide bonds. The molecule has 1 fully saturated rings. The largest absolute Gasteiger partial charge is 0.335 e. The van der Waals surface area contributed by atoms with Crippen LogP contribution in [0.2, 0.25) is 0 Å². The molecule has 1 saturated heterocycles. The van der Waals surface area contributed by atoms with Gasteiger partial charge in [-0.3, -0.25) is 4.79 Å². The number of pyridine rings is 1. The van der Waals surface area contributed by atoms with Crippen molar-refractivity contribution in [3.05, 3.63) is 60.0 Å². The molecule has 1 aliphatic rings. The molecule has 1 aromatic heterocycles. The van der Waals surface area contributed by atoms with E-state index >= 15 is 0 Å². The fourth-order valence-corrected chi connectivity index (χ4v) is 3.50. The molecule has 1 aromatic carbocycles. The summed E-state index contributed by atoms with van der Waals surface area (Å²) in [5, 5.41) is 0.855. The minimum absolute atomic E-state index is 0.0671. The summed E-state index contributed by atoms with van der Waals surface area (Å²) in [6, 6.07) is 12.2. The minimum Gasteiger partial charge on any atom is -0.335 e. The Labute approximate surface area is 133 Å². The maximum Gasteiger partial charge on any atom is 0.233 e. The summed E-state index contributed by atoms with van der Waals surface area (Å²) < 4.78 is 13.0. The van der Waals surface area contributed by atoms with E-state index in [-0.39, 0.29) is 17.8 Å². The van der Waals surface area contributed by atoms with Gasteiger partial charge < -0.3 is 4.90 Å². The Bertz CT molecular complexity index is 633. The van der Waals surface area contributed by atoms with Gasteiger partial charge in [-0.15, -0.1) is 0 Å². The molecule has 1 atom stereocenters. The molecule has 22 heavy (non-hydrogen) atoms. The van der Waals surface area contributed by atoms with Crippen molar-refractivity contribution in [1.82, 2.24) is 9.88 Å². The van der Waals surface area contributed by atoms with Crippen LogP contribution in [0.3, 0.4) is 0 Å². The number of rotatable bonds is 4. The molecule has 0 bridgehead atoms. The fourth-order valence-electron chi connectivity index (χ4n) is 2.75. The number of likely N-dealkylation sites (tertiary alicyclic amines) is 1. The molecule has 3 rings (SSSR count). The van der Waals surface area contributed by atoms with Gasteiger partial charge in [-0.25, -0.2) is 9.37 Å². The second kappa shape index (κ2) is 6.92. The van der Waals surface area contributed by atoms with Crippen LogP contribution in [0.15, 0.2) is 53.7 Å². The summed E-state index contributed by atoms with van der Waals surface area (Å²) in [5.74, 6) is 0.252. The average molecular weight is 316 g/mol. The Kier molecular flexibility index (Phi) is 4.73. The lowest BCUT2D eigenvalue weighted by molar-refractivity contribution is -0.129. The second-order valence-corrected chi connectivity index (χ2v) is 6.25. The SMILES string of the molecule is O=C(CSc1ccccn1)N1CCC[C@@H]1c1ccc(F)cc1. The van der Waals surface area contributed by atoms with Gasteiger partial charge in [0.2, 0.25) is 5.91 Å². The first-order valence-corrected chi connectivity index (χ1v) is 8.31. The summed E-state index contributed by atoms with van der Waals surface area (Å²) in [6.45, 7) is 0.768. The van der Waals surface area contributed by atoms with E-state index in [9.17, 15) is 9.18 Å². The van der Waals surface area contributed by atoms with Crippen LogP contribution in [0.4, 0.5) is 4.39 Å². The highest BCUT2D eigenvalue weighted by molar-refractivity contribution is 7.99. The summed E-state index contributed by atoms with van der Waals surface area (Å²) in [5.41, 5.74) is 1.01. The lowest BCUT2D eigenvalue weighted by atomic mass is 10.0. The number of aromatic nitrogens is 1. The Hall–Kier alpha value is -1.88. The van der Waals surface area contributed by atoms with Gasteiger partial charge in [0.15, 0.2) is 0 Å². The molecule has 3 nitrogen and oxygen atoms in total. The molecule has 114 valence electrons. The number of amides is 1. The van der Waals surface area contributed by atoms with E-state index in [0.717, 1.165) is 30.0 Å². The van der Waals surface area contributed by atoms with Gasteiger partial charge in [-0.1, -0.05) is 30.0 Å². The van der Waals surface area contributed by atoms with Crippen LogP contribution >= 0.6 is 11.8 Å². The zero-order valence-corrected chi connectivity index (χ0v) is 12.9. The highest BCUT2D eigenvalue weighted by Crippen LogP contribution is 2.32. The number of thioether (sulfide) groups is 1. The molecule has 2 aromatic rings. The van der Waals surface area contributed by atoms with Crippen molar-refractivity contribution in [2.45, 2.75) is 23.9 Å². The molecule has 0 unspecified atom stereocenters. The van der Waals surface area contributed by atoms with E-state index in [1.54, 1.807) is 18.3 Å². The van der Waals surface area contributed by atoms with E-state index in [1.165, 1.54) is 23.9 Å².